The van der Waals surface area contributed by atoms with Crippen LogP contribution in [0, 0.1) is 5.41 Å². The quantitative estimate of drug-likeness (QED) is 0.921. The lowest BCUT2D eigenvalue weighted by atomic mass is 9.74. The number of nitrogens with one attached hydrogen (secondary N) is 1. The molecule has 6 heteroatoms. The summed E-state index contributed by atoms with van der Waals surface area (Å²) in [5, 5.41) is 7.24. The van der Waals surface area contributed by atoms with E-state index in [9.17, 15) is 4.79 Å². The summed E-state index contributed by atoms with van der Waals surface area (Å²) in [5.74, 6) is 0.0561. The van der Waals surface area contributed by atoms with Crippen LogP contribution in [0.1, 0.15) is 36.7 Å². The minimum atomic E-state index is 0.0561. The Hall–Kier alpha value is -2.08. The number of aryl methyl sites for hydroxylation is 1. The molecule has 1 unspecified atom stereocenters. The van der Waals surface area contributed by atoms with Crippen LogP contribution in [-0.2, 0) is 11.8 Å². The number of hydrogen-bond donors (Lipinski definition) is 1. The molecule has 2 aliphatic rings. The highest BCUT2D eigenvalue weighted by molar-refractivity contribution is 5.93. The van der Waals surface area contributed by atoms with Crippen LogP contribution in [0.2, 0.25) is 0 Å². The van der Waals surface area contributed by atoms with E-state index in [0.717, 1.165) is 50.3 Å². The molecular formula is C18H24N4O2. The third-order valence-electron chi connectivity index (χ3n) is 5.89. The van der Waals surface area contributed by atoms with Gasteiger partial charge >= 0.3 is 0 Å². The number of hydrogen-bond acceptors (Lipinski definition) is 3. The minimum Gasteiger partial charge on any atom is -0.381 e. The monoisotopic (exact) mass is 328 g/mol. The number of carbonyl (C=O) groups excluding carboxylic acids is 1. The van der Waals surface area contributed by atoms with Crippen molar-refractivity contribution in [1.29, 1.82) is 0 Å². The van der Waals surface area contributed by atoms with Gasteiger partial charge in [-0.1, -0.05) is 0 Å². The SMILES string of the molecule is CC1N(C(=O)c2cc(-c3ccn(C)c3)n[nH]2)CCC12CCOCC2. The second-order valence-electron chi connectivity index (χ2n) is 7.13. The fourth-order valence-corrected chi connectivity index (χ4v) is 4.19. The van der Waals surface area contributed by atoms with E-state index in [0.29, 0.717) is 5.69 Å². The number of amides is 1. The Kier molecular flexibility index (Phi) is 3.72. The first-order valence-electron chi connectivity index (χ1n) is 8.66. The van der Waals surface area contributed by atoms with Gasteiger partial charge in [0, 0.05) is 50.8 Å². The third kappa shape index (κ3) is 2.45. The van der Waals surface area contributed by atoms with E-state index in [1.54, 1.807) is 0 Å². The van der Waals surface area contributed by atoms with E-state index >= 15 is 0 Å². The first kappa shape index (κ1) is 15.4. The number of aromatic amines is 1. The fourth-order valence-electron chi connectivity index (χ4n) is 4.19. The van der Waals surface area contributed by atoms with Crippen LogP contribution in [0.4, 0.5) is 0 Å². The number of carbonyl (C=O) groups is 1. The predicted molar refractivity (Wildman–Crippen MR) is 90.6 cm³/mol. The summed E-state index contributed by atoms with van der Waals surface area (Å²) in [7, 11) is 1.97. The number of ether oxygens (including phenoxy) is 1. The topological polar surface area (TPSA) is 63.2 Å². The lowest BCUT2D eigenvalue weighted by Gasteiger charge is -2.38. The number of rotatable bonds is 2. The first-order valence-corrected chi connectivity index (χ1v) is 8.66. The van der Waals surface area contributed by atoms with Crippen LogP contribution in [0.25, 0.3) is 11.3 Å². The molecule has 0 bridgehead atoms. The summed E-state index contributed by atoms with van der Waals surface area (Å²) < 4.78 is 7.49. The third-order valence-corrected chi connectivity index (χ3v) is 5.89. The van der Waals surface area contributed by atoms with Crippen LogP contribution >= 0.6 is 0 Å². The van der Waals surface area contributed by atoms with Crippen molar-refractivity contribution in [2.24, 2.45) is 12.5 Å². The van der Waals surface area contributed by atoms with Gasteiger partial charge in [0.15, 0.2) is 0 Å². The maximum atomic E-state index is 13.0. The molecule has 0 aromatic carbocycles. The number of aromatic nitrogens is 3. The van der Waals surface area contributed by atoms with Crippen molar-refractivity contribution in [1.82, 2.24) is 19.7 Å². The van der Waals surface area contributed by atoms with Gasteiger partial charge in [-0.2, -0.15) is 5.10 Å². The zero-order valence-corrected chi connectivity index (χ0v) is 14.3. The van der Waals surface area contributed by atoms with Gasteiger partial charge in [-0.15, -0.1) is 0 Å². The van der Waals surface area contributed by atoms with Crippen LogP contribution in [0.3, 0.4) is 0 Å². The summed E-state index contributed by atoms with van der Waals surface area (Å²) in [5.41, 5.74) is 2.63. The predicted octanol–water partition coefficient (Wildman–Crippen LogP) is 2.45. The fraction of sp³-hybridized carbons (Fsp3) is 0.556. The van der Waals surface area contributed by atoms with Gasteiger partial charge in [0.1, 0.15) is 5.69 Å². The van der Waals surface area contributed by atoms with Crippen molar-refractivity contribution in [3.05, 3.63) is 30.2 Å². The molecule has 128 valence electrons. The Morgan fingerprint density at radius 2 is 2.17 bits per heavy atom. The summed E-state index contributed by atoms with van der Waals surface area (Å²) in [6.07, 6.45) is 7.15. The van der Waals surface area contributed by atoms with Gasteiger partial charge in [-0.05, 0) is 43.7 Å². The highest BCUT2D eigenvalue weighted by Crippen LogP contribution is 2.45. The molecule has 0 radical (unpaired) electrons. The average molecular weight is 328 g/mol. The molecule has 1 atom stereocenters. The van der Waals surface area contributed by atoms with Crippen molar-refractivity contribution in [3.8, 4) is 11.3 Å². The molecule has 2 fully saturated rings. The summed E-state index contributed by atoms with van der Waals surface area (Å²) in [6.45, 7) is 4.63. The molecule has 0 saturated carbocycles. The lowest BCUT2D eigenvalue weighted by molar-refractivity contribution is 0.000100. The highest BCUT2D eigenvalue weighted by Gasteiger charge is 2.47. The molecule has 1 amide bonds. The number of likely N-dealkylation sites (tertiary alicyclic amines) is 1. The smallest absolute Gasteiger partial charge is 0.272 e. The van der Waals surface area contributed by atoms with E-state index in [4.69, 9.17) is 4.74 Å². The average Bonchev–Trinajstić information content (AvgIpc) is 3.29. The molecule has 4 rings (SSSR count). The number of nitrogens with zero attached hydrogens (tertiary/aromatic N) is 3. The van der Waals surface area contributed by atoms with Crippen LogP contribution in [0.15, 0.2) is 24.5 Å². The van der Waals surface area contributed by atoms with Crippen LogP contribution < -0.4 is 0 Å². The van der Waals surface area contributed by atoms with E-state index in [-0.39, 0.29) is 17.4 Å². The maximum Gasteiger partial charge on any atom is 0.272 e. The standard InChI is InChI=1S/C18H24N4O2/c1-13-18(5-9-24-10-6-18)4-8-22(13)17(23)16-11-15(19-20-16)14-3-7-21(2)12-14/h3,7,11-13H,4-6,8-10H2,1-2H3,(H,19,20). The molecule has 6 nitrogen and oxygen atoms in total. The van der Waals surface area contributed by atoms with Gasteiger partial charge in [0.2, 0.25) is 0 Å². The molecule has 2 aromatic heterocycles. The van der Waals surface area contributed by atoms with Crippen LogP contribution in [0.5, 0.6) is 0 Å². The second kappa shape index (κ2) is 5.77. The zero-order valence-electron chi connectivity index (χ0n) is 14.3. The normalized spacial score (nSPS) is 23.1. The van der Waals surface area contributed by atoms with Crippen LogP contribution in [-0.4, -0.2) is 51.4 Å². The first-order chi connectivity index (χ1) is 11.6. The van der Waals surface area contributed by atoms with Gasteiger partial charge in [0.25, 0.3) is 5.91 Å². The minimum absolute atomic E-state index is 0.0561. The lowest BCUT2D eigenvalue weighted by Crippen LogP contribution is -2.43. The number of H-pyrrole nitrogens is 1. The van der Waals surface area contributed by atoms with Gasteiger partial charge in [0.05, 0.1) is 5.69 Å². The van der Waals surface area contributed by atoms with Gasteiger partial charge in [-0.3, -0.25) is 9.89 Å². The zero-order chi connectivity index (χ0) is 16.7. The molecule has 0 aliphatic carbocycles. The van der Waals surface area contributed by atoms with Gasteiger partial charge in [-0.25, -0.2) is 0 Å². The molecule has 4 heterocycles. The summed E-state index contributed by atoms with van der Waals surface area (Å²) in [4.78, 5) is 15.0. The Morgan fingerprint density at radius 3 is 2.88 bits per heavy atom. The Labute approximate surface area is 141 Å². The summed E-state index contributed by atoms with van der Waals surface area (Å²) >= 11 is 0. The molecular weight excluding hydrogens is 304 g/mol. The van der Waals surface area contributed by atoms with Crippen molar-refractivity contribution in [2.45, 2.75) is 32.2 Å². The Morgan fingerprint density at radius 1 is 1.38 bits per heavy atom. The molecule has 1 spiro atoms. The van der Waals surface area contributed by atoms with Crippen molar-refractivity contribution < 1.29 is 9.53 Å². The van der Waals surface area contributed by atoms with E-state index < -0.39 is 0 Å². The molecule has 2 aliphatic heterocycles. The van der Waals surface area contributed by atoms with E-state index in [1.807, 2.05) is 41.0 Å². The van der Waals surface area contributed by atoms with Crippen molar-refractivity contribution in [3.63, 3.8) is 0 Å². The molecule has 1 N–H and O–H groups in total. The molecule has 2 aromatic rings. The van der Waals surface area contributed by atoms with E-state index in [2.05, 4.69) is 17.1 Å². The second-order valence-corrected chi connectivity index (χ2v) is 7.13. The van der Waals surface area contributed by atoms with Crippen molar-refractivity contribution >= 4 is 5.91 Å². The summed E-state index contributed by atoms with van der Waals surface area (Å²) in [6, 6.07) is 4.11. The van der Waals surface area contributed by atoms with E-state index in [1.165, 1.54) is 0 Å². The van der Waals surface area contributed by atoms with Gasteiger partial charge < -0.3 is 14.2 Å². The van der Waals surface area contributed by atoms with Crippen molar-refractivity contribution in [2.75, 3.05) is 19.8 Å². The highest BCUT2D eigenvalue weighted by atomic mass is 16.5. The largest absolute Gasteiger partial charge is 0.381 e. The maximum absolute atomic E-state index is 13.0. The molecule has 2 saturated heterocycles. The molecule has 24 heavy (non-hydrogen) atoms. The Balaban J connectivity index is 1.53. The Bertz CT molecular complexity index is 742.